The predicted octanol–water partition coefficient (Wildman–Crippen LogP) is 4.18. The molecule has 1 saturated heterocycles. The van der Waals surface area contributed by atoms with Gasteiger partial charge in [0.05, 0.1) is 12.1 Å². The van der Waals surface area contributed by atoms with Crippen LogP contribution >= 0.6 is 23.4 Å². The Balaban J connectivity index is 0.000000236. The summed E-state index contributed by atoms with van der Waals surface area (Å²) in [7, 11) is 1.60. The Morgan fingerprint density at radius 3 is 2.32 bits per heavy atom. The summed E-state index contributed by atoms with van der Waals surface area (Å²) in [4.78, 5) is 32.9. The Labute approximate surface area is 157 Å². The quantitative estimate of drug-likeness (QED) is 0.575. The van der Waals surface area contributed by atoms with E-state index in [-0.39, 0.29) is 36.4 Å². The molecule has 3 rings (SSSR count). The fourth-order valence-electron chi connectivity index (χ4n) is 2.98. The van der Waals surface area contributed by atoms with Crippen LogP contribution in [-0.2, 0) is 16.0 Å². The van der Waals surface area contributed by atoms with Crippen molar-refractivity contribution in [3.63, 3.8) is 0 Å². The molecule has 1 atom stereocenters. The van der Waals surface area contributed by atoms with Gasteiger partial charge < -0.3 is 4.74 Å². The molecule has 0 radical (unpaired) electrons. The van der Waals surface area contributed by atoms with Crippen molar-refractivity contribution in [3.05, 3.63) is 28.3 Å². The molecule has 2 amide bonds. The van der Waals surface area contributed by atoms with Gasteiger partial charge in [-0.1, -0.05) is 31.4 Å². The molecule has 0 saturated carbocycles. The first-order valence-corrected chi connectivity index (χ1v) is 9.03. The first-order chi connectivity index (χ1) is 11.9. The topological polar surface area (TPSA) is 63.7 Å². The molecule has 0 spiro atoms. The van der Waals surface area contributed by atoms with Gasteiger partial charge in [-0.15, -0.1) is 0 Å². The Morgan fingerprint density at radius 2 is 1.84 bits per heavy atom. The molecule has 1 aliphatic heterocycles. The SMILES string of the molecule is CCCCC1Cc2c(ccc(OC)c2Cl)C1=O.O=C1CCC(=O)N1Cl. The van der Waals surface area contributed by atoms with E-state index in [1.54, 1.807) is 13.2 Å². The van der Waals surface area contributed by atoms with Crippen molar-refractivity contribution in [2.45, 2.75) is 45.4 Å². The number of benzene rings is 1. The van der Waals surface area contributed by atoms with Crippen LogP contribution in [0.15, 0.2) is 12.1 Å². The summed E-state index contributed by atoms with van der Waals surface area (Å²) >= 11 is 11.4. The average Bonchev–Trinajstić information content (AvgIpc) is 3.09. The zero-order chi connectivity index (χ0) is 18.6. The maximum absolute atomic E-state index is 12.2. The maximum Gasteiger partial charge on any atom is 0.244 e. The molecule has 25 heavy (non-hydrogen) atoms. The molecule has 7 heteroatoms. The normalized spacial score (nSPS) is 19.0. The highest BCUT2D eigenvalue weighted by atomic mass is 35.5. The highest BCUT2D eigenvalue weighted by Gasteiger charge is 2.32. The lowest BCUT2D eigenvalue weighted by Crippen LogP contribution is -2.16. The standard InChI is InChI=1S/C14H17ClO2.C4H4ClNO2/c1-3-4-5-9-8-11-10(14(9)16)6-7-12(17-2)13(11)15;5-6-3(7)1-2-4(6)8/h6-7,9H,3-5,8H2,1-2H3;1-2H2. The van der Waals surface area contributed by atoms with Crippen molar-refractivity contribution in [3.8, 4) is 5.75 Å². The van der Waals surface area contributed by atoms with E-state index < -0.39 is 0 Å². The molecule has 2 aliphatic rings. The van der Waals surface area contributed by atoms with Gasteiger partial charge in [0.15, 0.2) is 5.78 Å². The maximum atomic E-state index is 12.2. The number of nitrogens with zero attached hydrogens (tertiary/aromatic N) is 1. The number of ether oxygens (including phenoxy) is 1. The van der Waals surface area contributed by atoms with Gasteiger partial charge in [0.2, 0.25) is 11.8 Å². The molecule has 1 aromatic rings. The number of rotatable bonds is 4. The van der Waals surface area contributed by atoms with Crippen molar-refractivity contribution in [2.24, 2.45) is 5.92 Å². The van der Waals surface area contributed by atoms with E-state index in [2.05, 4.69) is 6.92 Å². The van der Waals surface area contributed by atoms with Crippen LogP contribution in [0.25, 0.3) is 0 Å². The Hall–Kier alpha value is -1.59. The van der Waals surface area contributed by atoms with Gasteiger partial charge in [-0.2, -0.15) is 4.42 Å². The van der Waals surface area contributed by atoms with Gasteiger partial charge in [-0.25, -0.2) is 0 Å². The number of unbranched alkanes of at least 4 members (excludes halogenated alkanes) is 1. The summed E-state index contributed by atoms with van der Waals surface area (Å²) in [5.74, 6) is 0.440. The number of amides is 2. The average molecular weight is 386 g/mol. The van der Waals surface area contributed by atoms with Crippen LogP contribution < -0.4 is 4.74 Å². The molecule has 0 aromatic heterocycles. The molecule has 0 N–H and O–H groups in total. The van der Waals surface area contributed by atoms with Crippen LogP contribution in [0.1, 0.15) is 54.9 Å². The number of halogens is 2. The van der Waals surface area contributed by atoms with E-state index in [4.69, 9.17) is 28.1 Å². The molecular formula is C18H21Cl2NO4. The minimum absolute atomic E-state index is 0.120. The van der Waals surface area contributed by atoms with E-state index in [1.165, 1.54) is 0 Å². The number of carbonyl (C=O) groups is 3. The summed E-state index contributed by atoms with van der Waals surface area (Å²) in [6, 6.07) is 3.62. The minimum atomic E-state index is -0.295. The number of fused-ring (bicyclic) bond motifs is 1. The first kappa shape index (κ1) is 19.7. The third-order valence-corrected chi connectivity index (χ3v) is 5.20. The molecule has 1 unspecified atom stereocenters. The number of methoxy groups -OCH3 is 1. The van der Waals surface area contributed by atoms with Crippen LogP contribution in [-0.4, -0.2) is 29.1 Å². The van der Waals surface area contributed by atoms with Crippen LogP contribution in [0.3, 0.4) is 0 Å². The second-order valence-electron chi connectivity index (χ2n) is 6.08. The number of Topliss-reactive ketones (excluding diaryl/α,β-unsaturated/α-hetero) is 1. The highest BCUT2D eigenvalue weighted by molar-refractivity contribution is 6.33. The zero-order valence-electron chi connectivity index (χ0n) is 14.3. The van der Waals surface area contributed by atoms with Gasteiger partial charge in [0.25, 0.3) is 0 Å². The summed E-state index contributed by atoms with van der Waals surface area (Å²) < 4.78 is 5.82. The van der Waals surface area contributed by atoms with E-state index >= 15 is 0 Å². The van der Waals surface area contributed by atoms with E-state index in [9.17, 15) is 14.4 Å². The number of imide groups is 1. The van der Waals surface area contributed by atoms with Gasteiger partial charge in [-0.3, -0.25) is 14.4 Å². The molecule has 1 heterocycles. The van der Waals surface area contributed by atoms with Gasteiger partial charge in [0.1, 0.15) is 5.75 Å². The molecule has 136 valence electrons. The van der Waals surface area contributed by atoms with Gasteiger partial charge in [-0.05, 0) is 30.5 Å². The minimum Gasteiger partial charge on any atom is -0.495 e. The smallest absolute Gasteiger partial charge is 0.244 e. The van der Waals surface area contributed by atoms with Crippen molar-refractivity contribution in [1.29, 1.82) is 0 Å². The van der Waals surface area contributed by atoms with Crippen LogP contribution in [0.5, 0.6) is 5.75 Å². The lowest BCUT2D eigenvalue weighted by atomic mass is 9.98. The lowest BCUT2D eigenvalue weighted by molar-refractivity contribution is -0.132. The molecule has 5 nitrogen and oxygen atoms in total. The summed E-state index contributed by atoms with van der Waals surface area (Å²) in [5.41, 5.74) is 1.76. The summed E-state index contributed by atoms with van der Waals surface area (Å²) in [5, 5.41) is 0.609. The third-order valence-electron chi connectivity index (χ3n) is 4.41. The first-order valence-electron chi connectivity index (χ1n) is 8.31. The van der Waals surface area contributed by atoms with E-state index in [0.29, 0.717) is 15.2 Å². The second kappa shape index (κ2) is 8.68. The fraction of sp³-hybridized carbons (Fsp3) is 0.500. The Bertz CT molecular complexity index is 674. The van der Waals surface area contributed by atoms with Crippen LogP contribution in [0.4, 0.5) is 0 Å². The molecular weight excluding hydrogens is 365 g/mol. The van der Waals surface area contributed by atoms with Crippen molar-refractivity contribution >= 4 is 41.0 Å². The predicted molar refractivity (Wildman–Crippen MR) is 96.0 cm³/mol. The summed E-state index contributed by atoms with van der Waals surface area (Å²) in [6.45, 7) is 2.14. The van der Waals surface area contributed by atoms with Gasteiger partial charge in [0, 0.05) is 36.1 Å². The monoisotopic (exact) mass is 385 g/mol. The van der Waals surface area contributed by atoms with Gasteiger partial charge >= 0.3 is 0 Å². The second-order valence-corrected chi connectivity index (χ2v) is 6.80. The molecule has 0 bridgehead atoms. The zero-order valence-corrected chi connectivity index (χ0v) is 15.8. The number of ketones is 1. The van der Waals surface area contributed by atoms with E-state index in [1.807, 2.05) is 6.07 Å². The molecule has 1 aromatic carbocycles. The molecule has 1 fully saturated rings. The van der Waals surface area contributed by atoms with Crippen molar-refractivity contribution in [2.75, 3.05) is 7.11 Å². The van der Waals surface area contributed by atoms with E-state index in [0.717, 1.165) is 36.8 Å². The third kappa shape index (κ3) is 4.33. The number of carbonyl (C=O) groups excluding carboxylic acids is 3. The van der Waals surface area contributed by atoms with Crippen molar-refractivity contribution in [1.82, 2.24) is 4.42 Å². The fourth-order valence-corrected chi connectivity index (χ4v) is 3.47. The summed E-state index contributed by atoms with van der Waals surface area (Å²) in [6.07, 6.45) is 4.48. The lowest BCUT2D eigenvalue weighted by Gasteiger charge is -2.06. The van der Waals surface area contributed by atoms with Crippen LogP contribution in [0.2, 0.25) is 5.02 Å². The Morgan fingerprint density at radius 1 is 1.20 bits per heavy atom. The molecule has 1 aliphatic carbocycles. The largest absolute Gasteiger partial charge is 0.495 e. The number of hydrogen-bond acceptors (Lipinski definition) is 4. The highest BCUT2D eigenvalue weighted by Crippen LogP contribution is 2.39. The number of hydrogen-bond donors (Lipinski definition) is 0. The van der Waals surface area contributed by atoms with Crippen LogP contribution in [0, 0.1) is 5.92 Å². The Kier molecular flexibility index (Phi) is 6.85. The van der Waals surface area contributed by atoms with Crippen molar-refractivity contribution < 1.29 is 19.1 Å².